The van der Waals surface area contributed by atoms with E-state index in [0.717, 1.165) is 0 Å². The van der Waals surface area contributed by atoms with Gasteiger partial charge in [0.2, 0.25) is 0 Å². The van der Waals surface area contributed by atoms with Crippen LogP contribution >= 0.6 is 12.6 Å². The summed E-state index contributed by atoms with van der Waals surface area (Å²) in [4.78, 5) is 11.0. The number of hydrogen-bond donors (Lipinski definition) is 4. The van der Waals surface area contributed by atoms with E-state index in [1.54, 1.807) is 26.0 Å². The van der Waals surface area contributed by atoms with Crippen molar-refractivity contribution >= 4 is 18.6 Å². The molecular weight excluding hydrogens is 240 g/mol. The van der Waals surface area contributed by atoms with Crippen LogP contribution in [0.25, 0.3) is 0 Å². The number of thiol groups is 1. The Labute approximate surface area is 105 Å². The van der Waals surface area contributed by atoms with Crippen LogP contribution in [0.5, 0.6) is 0 Å². The molecule has 2 atom stereocenters. The molecule has 5 heteroatoms. The van der Waals surface area contributed by atoms with Crippen LogP contribution in [0.1, 0.15) is 33.2 Å². The van der Waals surface area contributed by atoms with Crippen LogP contribution in [-0.2, 0) is 0 Å². The standard InChI is InChI=1S/C12H16O4S/c1-6-3-8(11(14)9(13)5-17)4-7(2)10(6)12(15)16/h3-4,9,11,13-14,17H,5H2,1-2H3,(H,15,16). The lowest BCUT2D eigenvalue weighted by Gasteiger charge is -2.18. The van der Waals surface area contributed by atoms with E-state index in [9.17, 15) is 15.0 Å². The lowest BCUT2D eigenvalue weighted by Crippen LogP contribution is -2.20. The molecule has 0 aliphatic rings. The second kappa shape index (κ2) is 5.53. The molecule has 3 N–H and O–H groups in total. The molecule has 0 heterocycles. The molecule has 0 saturated heterocycles. The van der Waals surface area contributed by atoms with E-state index in [2.05, 4.69) is 12.6 Å². The number of aromatic carboxylic acids is 1. The van der Waals surface area contributed by atoms with Gasteiger partial charge in [0.05, 0.1) is 11.7 Å². The minimum atomic E-state index is -1.05. The highest BCUT2D eigenvalue weighted by Crippen LogP contribution is 2.23. The third-order valence-electron chi connectivity index (χ3n) is 2.66. The highest BCUT2D eigenvalue weighted by atomic mass is 32.1. The third-order valence-corrected chi connectivity index (χ3v) is 3.04. The van der Waals surface area contributed by atoms with Crippen LogP contribution < -0.4 is 0 Å². The number of hydrogen-bond acceptors (Lipinski definition) is 4. The summed E-state index contributed by atoms with van der Waals surface area (Å²) < 4.78 is 0. The summed E-state index contributed by atoms with van der Waals surface area (Å²) in [6.45, 7) is 3.33. The Morgan fingerprint density at radius 3 is 2.12 bits per heavy atom. The van der Waals surface area contributed by atoms with E-state index in [4.69, 9.17) is 5.11 Å². The number of carboxylic acid groups (broad SMARTS) is 1. The minimum Gasteiger partial charge on any atom is -0.478 e. The fraction of sp³-hybridized carbons (Fsp3) is 0.417. The topological polar surface area (TPSA) is 77.8 Å². The zero-order valence-electron chi connectivity index (χ0n) is 9.71. The Kier molecular flexibility index (Phi) is 4.56. The third kappa shape index (κ3) is 3.00. The summed E-state index contributed by atoms with van der Waals surface area (Å²) in [5, 5.41) is 28.3. The van der Waals surface area contributed by atoms with Gasteiger partial charge in [0.25, 0.3) is 0 Å². The molecule has 1 aromatic rings. The van der Waals surface area contributed by atoms with Gasteiger partial charge in [-0.2, -0.15) is 12.6 Å². The Morgan fingerprint density at radius 1 is 1.29 bits per heavy atom. The monoisotopic (exact) mass is 256 g/mol. The number of aliphatic hydroxyl groups is 2. The molecule has 0 spiro atoms. The van der Waals surface area contributed by atoms with Crippen molar-refractivity contribution in [2.45, 2.75) is 26.1 Å². The van der Waals surface area contributed by atoms with E-state index in [-0.39, 0.29) is 11.3 Å². The van der Waals surface area contributed by atoms with Crippen molar-refractivity contribution in [2.75, 3.05) is 5.75 Å². The Bertz CT molecular complexity index is 408. The molecule has 1 rings (SSSR count). The van der Waals surface area contributed by atoms with Gasteiger partial charge in [-0.25, -0.2) is 4.79 Å². The van der Waals surface area contributed by atoms with Crippen LogP contribution in [-0.4, -0.2) is 33.1 Å². The first-order valence-electron chi connectivity index (χ1n) is 5.20. The molecule has 0 amide bonds. The van der Waals surface area contributed by atoms with Gasteiger partial charge >= 0.3 is 5.97 Å². The van der Waals surface area contributed by atoms with Crippen LogP contribution in [0.3, 0.4) is 0 Å². The molecule has 0 radical (unpaired) electrons. The maximum Gasteiger partial charge on any atom is 0.336 e. The summed E-state index contributed by atoms with van der Waals surface area (Å²) >= 11 is 3.91. The predicted octanol–water partition coefficient (Wildman–Crippen LogP) is 1.33. The van der Waals surface area contributed by atoms with Gasteiger partial charge in [0.15, 0.2) is 0 Å². The van der Waals surface area contributed by atoms with Gasteiger partial charge in [-0.1, -0.05) is 12.1 Å². The molecule has 94 valence electrons. The van der Waals surface area contributed by atoms with Crippen molar-refractivity contribution in [2.24, 2.45) is 0 Å². The number of benzene rings is 1. The largest absolute Gasteiger partial charge is 0.478 e. The molecule has 2 unspecified atom stereocenters. The average molecular weight is 256 g/mol. The predicted molar refractivity (Wildman–Crippen MR) is 67.7 cm³/mol. The number of rotatable bonds is 4. The van der Waals surface area contributed by atoms with E-state index in [1.807, 2.05) is 0 Å². The van der Waals surface area contributed by atoms with Crippen LogP contribution in [0.4, 0.5) is 0 Å². The summed E-state index contributed by atoms with van der Waals surface area (Å²) in [7, 11) is 0. The summed E-state index contributed by atoms with van der Waals surface area (Å²) in [5.41, 5.74) is 1.88. The molecule has 17 heavy (non-hydrogen) atoms. The molecule has 4 nitrogen and oxygen atoms in total. The smallest absolute Gasteiger partial charge is 0.336 e. The SMILES string of the molecule is Cc1cc(C(O)C(O)CS)cc(C)c1C(=O)O. The van der Waals surface area contributed by atoms with Crippen molar-refractivity contribution in [1.29, 1.82) is 0 Å². The maximum absolute atomic E-state index is 11.0. The van der Waals surface area contributed by atoms with Gasteiger partial charge in [0.1, 0.15) is 6.10 Å². The second-order valence-electron chi connectivity index (χ2n) is 4.03. The van der Waals surface area contributed by atoms with Gasteiger partial charge in [0, 0.05) is 5.75 Å². The van der Waals surface area contributed by atoms with Gasteiger partial charge in [-0.05, 0) is 30.5 Å². The normalized spacial score (nSPS) is 14.4. The Hall–Kier alpha value is -1.04. The number of aryl methyl sites for hydroxylation is 2. The molecule has 0 aliphatic carbocycles. The van der Waals surface area contributed by atoms with E-state index in [0.29, 0.717) is 16.7 Å². The van der Waals surface area contributed by atoms with Crippen LogP contribution in [0.15, 0.2) is 12.1 Å². The second-order valence-corrected chi connectivity index (χ2v) is 4.39. The van der Waals surface area contributed by atoms with E-state index < -0.39 is 18.2 Å². The van der Waals surface area contributed by atoms with Crippen molar-refractivity contribution < 1.29 is 20.1 Å². The van der Waals surface area contributed by atoms with Gasteiger partial charge in [-0.3, -0.25) is 0 Å². The number of carbonyl (C=O) groups is 1. The molecule has 0 saturated carbocycles. The first-order chi connectivity index (χ1) is 7.88. The highest BCUT2D eigenvalue weighted by molar-refractivity contribution is 7.80. The Balaban J connectivity index is 3.19. The molecule has 0 aliphatic heterocycles. The zero-order chi connectivity index (χ0) is 13.2. The van der Waals surface area contributed by atoms with Gasteiger partial charge in [-0.15, -0.1) is 0 Å². The Morgan fingerprint density at radius 2 is 1.76 bits per heavy atom. The maximum atomic E-state index is 11.0. The zero-order valence-corrected chi connectivity index (χ0v) is 10.6. The fourth-order valence-electron chi connectivity index (χ4n) is 1.83. The summed E-state index contributed by atoms with van der Waals surface area (Å²) in [6.07, 6.45) is -2.01. The van der Waals surface area contributed by atoms with Crippen LogP contribution in [0.2, 0.25) is 0 Å². The molecule has 0 aromatic heterocycles. The summed E-state index contributed by atoms with van der Waals surface area (Å²) in [5.74, 6) is -0.851. The van der Waals surface area contributed by atoms with E-state index >= 15 is 0 Å². The quantitative estimate of drug-likeness (QED) is 0.613. The number of aliphatic hydroxyl groups excluding tert-OH is 2. The van der Waals surface area contributed by atoms with Crippen molar-refractivity contribution in [3.05, 3.63) is 34.4 Å². The highest BCUT2D eigenvalue weighted by Gasteiger charge is 2.20. The average Bonchev–Trinajstić information content (AvgIpc) is 2.25. The van der Waals surface area contributed by atoms with E-state index in [1.165, 1.54) is 0 Å². The minimum absolute atomic E-state index is 0.139. The lowest BCUT2D eigenvalue weighted by atomic mass is 9.95. The van der Waals surface area contributed by atoms with Crippen LogP contribution in [0, 0.1) is 13.8 Å². The van der Waals surface area contributed by atoms with Crippen molar-refractivity contribution in [3.8, 4) is 0 Å². The first-order valence-corrected chi connectivity index (χ1v) is 5.83. The fourth-order valence-corrected chi connectivity index (χ4v) is 2.03. The van der Waals surface area contributed by atoms with Gasteiger partial charge < -0.3 is 15.3 Å². The summed E-state index contributed by atoms with van der Waals surface area (Å²) in [6, 6.07) is 3.15. The molecule has 1 aromatic carbocycles. The molecular formula is C12H16O4S. The lowest BCUT2D eigenvalue weighted by molar-refractivity contribution is 0.0337. The number of carboxylic acids is 1. The molecule has 0 bridgehead atoms. The first kappa shape index (κ1) is 14.0. The molecule has 0 fully saturated rings. The van der Waals surface area contributed by atoms with Crippen molar-refractivity contribution in [1.82, 2.24) is 0 Å². The van der Waals surface area contributed by atoms with Crippen molar-refractivity contribution in [3.63, 3.8) is 0 Å².